The second-order valence-electron chi connectivity index (χ2n) is 4.39. The average molecular weight is 255 g/mol. The van der Waals surface area contributed by atoms with Gasteiger partial charge >= 0.3 is 0 Å². The van der Waals surface area contributed by atoms with Crippen LogP contribution in [0.2, 0.25) is 5.02 Å². The molecular weight excluding hydrogens is 236 g/mol. The van der Waals surface area contributed by atoms with Crippen LogP contribution in [-0.4, -0.2) is 24.4 Å². The Labute approximate surface area is 108 Å². The van der Waals surface area contributed by atoms with Crippen LogP contribution < -0.4 is 5.73 Å². The number of nitrogens with two attached hydrogens (primary N) is 1. The van der Waals surface area contributed by atoms with Crippen LogP contribution in [0, 0.1) is 5.92 Å². The predicted molar refractivity (Wildman–Crippen MR) is 70.8 cm³/mol. The highest BCUT2D eigenvalue weighted by Gasteiger charge is 2.13. The zero-order valence-electron chi connectivity index (χ0n) is 10.3. The van der Waals surface area contributed by atoms with Crippen molar-refractivity contribution in [3.63, 3.8) is 0 Å². The summed E-state index contributed by atoms with van der Waals surface area (Å²) in [6, 6.07) is 7.56. The van der Waals surface area contributed by atoms with Crippen LogP contribution in [0.3, 0.4) is 0 Å². The van der Waals surface area contributed by atoms with Gasteiger partial charge in [-0.25, -0.2) is 0 Å². The molecule has 1 aromatic rings. The maximum atomic E-state index is 11.9. The van der Waals surface area contributed by atoms with E-state index in [4.69, 9.17) is 17.3 Å². The molecule has 1 aromatic carbocycles. The highest BCUT2D eigenvalue weighted by Crippen LogP contribution is 2.17. The highest BCUT2D eigenvalue weighted by molar-refractivity contribution is 6.31. The second kappa shape index (κ2) is 6.62. The zero-order chi connectivity index (χ0) is 12.8. The number of carbonyl (C=O) groups excluding carboxylic acids is 1. The van der Waals surface area contributed by atoms with Crippen molar-refractivity contribution in [1.29, 1.82) is 0 Å². The molecule has 1 rings (SSSR count). The van der Waals surface area contributed by atoms with E-state index in [2.05, 4.69) is 0 Å². The Hall–Kier alpha value is -1.06. The van der Waals surface area contributed by atoms with Gasteiger partial charge in [-0.15, -0.1) is 0 Å². The lowest BCUT2D eigenvalue weighted by molar-refractivity contribution is -0.131. The molecule has 0 heterocycles. The minimum absolute atomic E-state index is 0.0999. The molecule has 0 aromatic heterocycles. The van der Waals surface area contributed by atoms with Crippen molar-refractivity contribution in [3.05, 3.63) is 34.9 Å². The molecule has 0 spiro atoms. The van der Waals surface area contributed by atoms with Crippen LogP contribution in [0.4, 0.5) is 0 Å². The van der Waals surface area contributed by atoms with Gasteiger partial charge in [-0.2, -0.15) is 0 Å². The fourth-order valence-corrected chi connectivity index (χ4v) is 1.70. The molecule has 0 bridgehead atoms. The van der Waals surface area contributed by atoms with Crippen molar-refractivity contribution in [2.24, 2.45) is 11.7 Å². The van der Waals surface area contributed by atoms with Crippen molar-refractivity contribution in [3.8, 4) is 0 Å². The Kier molecular flexibility index (Phi) is 5.45. The number of hydrogen-bond donors (Lipinski definition) is 1. The summed E-state index contributed by atoms with van der Waals surface area (Å²) in [4.78, 5) is 13.5. The Morgan fingerprint density at radius 3 is 2.71 bits per heavy atom. The largest absolute Gasteiger partial charge is 0.341 e. The lowest BCUT2D eigenvalue weighted by atomic mass is 10.1. The van der Waals surface area contributed by atoms with Gasteiger partial charge in [-0.1, -0.05) is 36.7 Å². The molecule has 0 radical (unpaired) electrons. The third-order valence-corrected chi connectivity index (χ3v) is 3.09. The fraction of sp³-hybridized carbons (Fsp3) is 0.462. The quantitative estimate of drug-likeness (QED) is 0.876. The summed E-state index contributed by atoms with van der Waals surface area (Å²) >= 11 is 6.05. The first-order chi connectivity index (χ1) is 8.04. The average Bonchev–Trinajstić information content (AvgIpc) is 2.31. The number of halogens is 1. The Balaban J connectivity index is 2.57. The zero-order valence-corrected chi connectivity index (χ0v) is 11.1. The van der Waals surface area contributed by atoms with Crippen molar-refractivity contribution in [1.82, 2.24) is 4.90 Å². The van der Waals surface area contributed by atoms with Crippen LogP contribution in [0.5, 0.6) is 0 Å². The van der Waals surface area contributed by atoms with E-state index in [9.17, 15) is 4.79 Å². The Morgan fingerprint density at radius 1 is 1.47 bits per heavy atom. The van der Waals surface area contributed by atoms with Gasteiger partial charge in [-0.3, -0.25) is 4.79 Å². The molecular formula is C13H19ClN2O. The summed E-state index contributed by atoms with van der Waals surface area (Å²) in [5.74, 6) is 0.319. The van der Waals surface area contributed by atoms with Crippen LogP contribution in [0.1, 0.15) is 18.9 Å². The van der Waals surface area contributed by atoms with Gasteiger partial charge in [0.25, 0.3) is 0 Å². The molecule has 2 N–H and O–H groups in total. The fourth-order valence-electron chi connectivity index (χ4n) is 1.51. The smallest absolute Gasteiger partial charge is 0.222 e. The number of nitrogens with zero attached hydrogens (tertiary/aromatic N) is 1. The second-order valence-corrected chi connectivity index (χ2v) is 4.79. The molecule has 0 aliphatic rings. The summed E-state index contributed by atoms with van der Waals surface area (Å²) in [7, 11) is 1.79. The third-order valence-electron chi connectivity index (χ3n) is 2.72. The van der Waals surface area contributed by atoms with Crippen molar-refractivity contribution in [2.75, 3.05) is 13.6 Å². The molecule has 0 fully saturated rings. The summed E-state index contributed by atoms with van der Waals surface area (Å²) in [6.45, 7) is 3.04. The first kappa shape index (κ1) is 14.0. The molecule has 17 heavy (non-hydrogen) atoms. The van der Waals surface area contributed by atoms with Crippen LogP contribution in [0.25, 0.3) is 0 Å². The van der Waals surface area contributed by atoms with Crippen molar-refractivity contribution in [2.45, 2.75) is 19.9 Å². The van der Waals surface area contributed by atoms with Gasteiger partial charge in [0.15, 0.2) is 0 Å². The number of hydrogen-bond acceptors (Lipinski definition) is 2. The number of benzene rings is 1. The van der Waals surface area contributed by atoms with E-state index in [-0.39, 0.29) is 11.8 Å². The standard InChI is InChI=1S/C13H19ClN2O/c1-10(8-15)7-13(17)16(2)9-11-5-3-4-6-12(11)14/h3-6,10H,7-9,15H2,1-2H3. The first-order valence-electron chi connectivity index (χ1n) is 5.72. The van der Waals surface area contributed by atoms with Gasteiger partial charge in [-0.05, 0) is 24.1 Å². The van der Waals surface area contributed by atoms with Crippen molar-refractivity contribution >= 4 is 17.5 Å². The monoisotopic (exact) mass is 254 g/mol. The maximum Gasteiger partial charge on any atom is 0.222 e. The van der Waals surface area contributed by atoms with Gasteiger partial charge in [0, 0.05) is 25.0 Å². The third kappa shape index (κ3) is 4.36. The normalized spacial score (nSPS) is 12.2. The van der Waals surface area contributed by atoms with Gasteiger partial charge in [0.1, 0.15) is 0 Å². The van der Waals surface area contributed by atoms with Gasteiger partial charge < -0.3 is 10.6 Å². The lowest BCUT2D eigenvalue weighted by Crippen LogP contribution is -2.29. The van der Waals surface area contributed by atoms with Gasteiger partial charge in [0.2, 0.25) is 5.91 Å². The first-order valence-corrected chi connectivity index (χ1v) is 6.09. The number of amides is 1. The predicted octanol–water partition coefficient (Wildman–Crippen LogP) is 2.28. The summed E-state index contributed by atoms with van der Waals surface area (Å²) < 4.78 is 0. The minimum Gasteiger partial charge on any atom is -0.341 e. The molecule has 0 saturated heterocycles. The lowest BCUT2D eigenvalue weighted by Gasteiger charge is -2.19. The molecule has 1 unspecified atom stereocenters. The van der Waals surface area contributed by atoms with Crippen LogP contribution in [0.15, 0.2) is 24.3 Å². The Bertz CT molecular complexity index is 381. The number of carbonyl (C=O) groups is 1. The summed E-state index contributed by atoms with van der Waals surface area (Å²) in [6.07, 6.45) is 0.484. The molecule has 0 aliphatic heterocycles. The van der Waals surface area contributed by atoms with E-state index in [0.717, 1.165) is 5.56 Å². The van der Waals surface area contributed by atoms with E-state index < -0.39 is 0 Å². The maximum absolute atomic E-state index is 11.9. The molecule has 3 nitrogen and oxygen atoms in total. The van der Waals surface area contributed by atoms with Crippen LogP contribution in [-0.2, 0) is 11.3 Å². The summed E-state index contributed by atoms with van der Waals surface area (Å²) in [5, 5.41) is 0.694. The molecule has 1 amide bonds. The van der Waals surface area contributed by atoms with E-state index in [0.29, 0.717) is 24.5 Å². The SMILES string of the molecule is CC(CN)CC(=O)N(C)Cc1ccccc1Cl. The van der Waals surface area contributed by atoms with E-state index in [1.807, 2.05) is 31.2 Å². The molecule has 0 saturated carbocycles. The number of rotatable bonds is 5. The molecule has 0 aliphatic carbocycles. The molecule has 4 heteroatoms. The van der Waals surface area contributed by atoms with E-state index in [1.54, 1.807) is 11.9 Å². The van der Waals surface area contributed by atoms with Crippen LogP contribution >= 0.6 is 11.6 Å². The van der Waals surface area contributed by atoms with Gasteiger partial charge in [0.05, 0.1) is 0 Å². The molecule has 1 atom stereocenters. The summed E-state index contributed by atoms with van der Waals surface area (Å²) in [5.41, 5.74) is 6.47. The Morgan fingerprint density at radius 2 is 2.12 bits per heavy atom. The van der Waals surface area contributed by atoms with Crippen molar-refractivity contribution < 1.29 is 4.79 Å². The topological polar surface area (TPSA) is 46.3 Å². The molecule has 94 valence electrons. The highest BCUT2D eigenvalue weighted by atomic mass is 35.5. The van der Waals surface area contributed by atoms with E-state index >= 15 is 0 Å². The minimum atomic E-state index is 0.0999. The van der Waals surface area contributed by atoms with E-state index in [1.165, 1.54) is 0 Å².